The lowest BCUT2D eigenvalue weighted by Crippen LogP contribution is -2.16. The van der Waals surface area contributed by atoms with Gasteiger partial charge in [0, 0.05) is 18.0 Å². The van der Waals surface area contributed by atoms with Crippen molar-refractivity contribution in [3.8, 4) is 6.01 Å². The highest BCUT2D eigenvalue weighted by atomic mass is 19.1. The molecule has 1 aromatic heterocycles. The van der Waals surface area contributed by atoms with Crippen LogP contribution in [0.1, 0.15) is 29.9 Å². The van der Waals surface area contributed by atoms with Crippen LogP contribution in [0.25, 0.3) is 0 Å². The molecule has 1 heterocycles. The zero-order valence-corrected chi connectivity index (χ0v) is 13.6. The average Bonchev–Trinajstić information content (AvgIpc) is 3.47. The summed E-state index contributed by atoms with van der Waals surface area (Å²) in [5.41, 5.74) is 1.26. The Bertz CT molecular complexity index is 817. The maximum Gasteiger partial charge on any atom is 0.316 e. The van der Waals surface area contributed by atoms with Gasteiger partial charge in [-0.2, -0.15) is 5.10 Å². The monoisotopic (exact) mass is 345 g/mol. The summed E-state index contributed by atoms with van der Waals surface area (Å²) in [6, 6.07) is 2.58. The number of halogens is 2. The Balaban J connectivity index is 1.62. The topological polar surface area (TPSA) is 85.8 Å². The van der Waals surface area contributed by atoms with Crippen LogP contribution in [0, 0.1) is 18.6 Å². The standard InChI is InChI=1S/C17H17F2N5O/c1-10-14(18)4-5-15(16(10)19)21-8-13(24-20)9-25-17-22-6-12(7-23-17)11-2-3-11/h4-8,11H,2-3,9,20H2,1H3. The van der Waals surface area contributed by atoms with Gasteiger partial charge in [-0.3, -0.25) is 4.99 Å². The van der Waals surface area contributed by atoms with Gasteiger partial charge in [-0.15, -0.1) is 0 Å². The molecule has 0 amide bonds. The molecule has 0 bridgehead atoms. The number of aliphatic imine (C=N–C) groups is 1. The van der Waals surface area contributed by atoms with E-state index in [9.17, 15) is 8.78 Å². The van der Waals surface area contributed by atoms with Crippen LogP contribution in [-0.4, -0.2) is 28.5 Å². The minimum Gasteiger partial charge on any atom is -0.457 e. The van der Waals surface area contributed by atoms with Crippen molar-refractivity contribution in [3.63, 3.8) is 0 Å². The highest BCUT2D eigenvalue weighted by molar-refractivity contribution is 6.31. The lowest BCUT2D eigenvalue weighted by atomic mass is 10.2. The molecule has 0 spiro atoms. The number of hydrogen-bond donors (Lipinski definition) is 1. The second kappa shape index (κ2) is 7.33. The Hall–Kier alpha value is -2.90. The number of ether oxygens (including phenoxy) is 1. The average molecular weight is 345 g/mol. The van der Waals surface area contributed by atoms with E-state index in [1.807, 2.05) is 0 Å². The third-order valence-corrected chi connectivity index (χ3v) is 3.86. The van der Waals surface area contributed by atoms with Gasteiger partial charge in [-0.05, 0) is 43.4 Å². The van der Waals surface area contributed by atoms with E-state index in [4.69, 9.17) is 10.6 Å². The number of nitrogens with zero attached hydrogens (tertiary/aromatic N) is 4. The van der Waals surface area contributed by atoms with Gasteiger partial charge in [0.05, 0.1) is 11.9 Å². The van der Waals surface area contributed by atoms with E-state index in [1.165, 1.54) is 32.0 Å². The summed E-state index contributed by atoms with van der Waals surface area (Å²) < 4.78 is 32.5. The van der Waals surface area contributed by atoms with Crippen LogP contribution in [0.3, 0.4) is 0 Å². The van der Waals surface area contributed by atoms with Crippen molar-refractivity contribution < 1.29 is 13.5 Å². The maximum atomic E-state index is 13.9. The van der Waals surface area contributed by atoms with Gasteiger partial charge in [0.15, 0.2) is 5.82 Å². The lowest BCUT2D eigenvalue weighted by Gasteiger charge is -2.05. The number of benzene rings is 1. The third-order valence-electron chi connectivity index (χ3n) is 3.86. The highest BCUT2D eigenvalue weighted by Crippen LogP contribution is 2.39. The highest BCUT2D eigenvalue weighted by Gasteiger charge is 2.24. The molecule has 2 N–H and O–H groups in total. The number of aromatic nitrogens is 2. The first-order valence-corrected chi connectivity index (χ1v) is 7.78. The van der Waals surface area contributed by atoms with Crippen LogP contribution in [0.2, 0.25) is 0 Å². The fourth-order valence-corrected chi connectivity index (χ4v) is 2.17. The van der Waals surface area contributed by atoms with Crippen LogP contribution < -0.4 is 10.6 Å². The molecule has 1 aliphatic carbocycles. The molecule has 0 radical (unpaired) electrons. The summed E-state index contributed by atoms with van der Waals surface area (Å²) in [5, 5.41) is 3.53. The fraction of sp³-hybridized carbons (Fsp3) is 0.294. The molecule has 0 atom stereocenters. The van der Waals surface area contributed by atoms with E-state index >= 15 is 0 Å². The molecule has 6 nitrogen and oxygen atoms in total. The molecule has 0 aliphatic heterocycles. The lowest BCUT2D eigenvalue weighted by molar-refractivity contribution is 0.346. The molecule has 130 valence electrons. The van der Waals surface area contributed by atoms with E-state index in [0.29, 0.717) is 5.92 Å². The normalized spacial score (nSPS) is 14.9. The van der Waals surface area contributed by atoms with Gasteiger partial charge in [0.2, 0.25) is 0 Å². The first-order valence-electron chi connectivity index (χ1n) is 7.78. The van der Waals surface area contributed by atoms with Crippen molar-refractivity contribution in [1.29, 1.82) is 0 Å². The summed E-state index contributed by atoms with van der Waals surface area (Å²) in [6.07, 6.45) is 7.08. The quantitative estimate of drug-likeness (QED) is 0.495. The Labute approximate surface area is 143 Å². The molecule has 25 heavy (non-hydrogen) atoms. The van der Waals surface area contributed by atoms with Crippen molar-refractivity contribution >= 4 is 17.6 Å². The zero-order valence-electron chi connectivity index (χ0n) is 13.6. The summed E-state index contributed by atoms with van der Waals surface area (Å²) in [6.45, 7) is 1.32. The maximum absolute atomic E-state index is 13.9. The Morgan fingerprint density at radius 1 is 1.32 bits per heavy atom. The number of hydrazone groups is 1. The molecule has 3 rings (SSSR count). The van der Waals surface area contributed by atoms with Crippen molar-refractivity contribution in [1.82, 2.24) is 9.97 Å². The molecule has 1 fully saturated rings. The predicted octanol–water partition coefficient (Wildman–Crippen LogP) is 3.04. The Morgan fingerprint density at radius 2 is 2.04 bits per heavy atom. The van der Waals surface area contributed by atoms with Crippen molar-refractivity contribution in [2.24, 2.45) is 15.9 Å². The van der Waals surface area contributed by atoms with Gasteiger partial charge >= 0.3 is 6.01 Å². The van der Waals surface area contributed by atoms with Gasteiger partial charge in [-0.1, -0.05) is 0 Å². The summed E-state index contributed by atoms with van der Waals surface area (Å²) >= 11 is 0. The Morgan fingerprint density at radius 3 is 2.68 bits per heavy atom. The third kappa shape index (κ3) is 4.14. The van der Waals surface area contributed by atoms with Gasteiger partial charge in [-0.25, -0.2) is 18.7 Å². The van der Waals surface area contributed by atoms with Crippen LogP contribution in [0.4, 0.5) is 14.5 Å². The van der Waals surface area contributed by atoms with Gasteiger partial charge in [0.1, 0.15) is 18.1 Å². The van der Waals surface area contributed by atoms with E-state index in [1.54, 1.807) is 12.4 Å². The van der Waals surface area contributed by atoms with E-state index in [2.05, 4.69) is 20.1 Å². The molecular weight excluding hydrogens is 328 g/mol. The molecule has 8 heteroatoms. The van der Waals surface area contributed by atoms with Crippen molar-refractivity contribution in [2.45, 2.75) is 25.7 Å². The van der Waals surface area contributed by atoms with Crippen molar-refractivity contribution in [3.05, 3.63) is 47.3 Å². The summed E-state index contributed by atoms with van der Waals surface area (Å²) in [4.78, 5) is 12.2. The van der Waals surface area contributed by atoms with Crippen LogP contribution in [0.15, 0.2) is 34.6 Å². The SMILES string of the molecule is Cc1c(F)ccc(N=CC(COc2ncc(C3CC3)cn2)=NN)c1F. The second-order valence-corrected chi connectivity index (χ2v) is 5.75. The second-order valence-electron chi connectivity index (χ2n) is 5.75. The summed E-state index contributed by atoms with van der Waals surface area (Å²) in [5.74, 6) is 4.50. The van der Waals surface area contributed by atoms with E-state index in [-0.39, 0.29) is 29.6 Å². The van der Waals surface area contributed by atoms with Crippen LogP contribution in [-0.2, 0) is 0 Å². The van der Waals surface area contributed by atoms with Gasteiger partial charge < -0.3 is 10.6 Å². The molecule has 1 aromatic carbocycles. The van der Waals surface area contributed by atoms with Crippen molar-refractivity contribution in [2.75, 3.05) is 6.61 Å². The largest absolute Gasteiger partial charge is 0.457 e. The first kappa shape index (κ1) is 16.9. The minimum atomic E-state index is -0.729. The summed E-state index contributed by atoms with van der Waals surface area (Å²) in [7, 11) is 0. The Kier molecular flexibility index (Phi) is 4.97. The molecule has 0 unspecified atom stereocenters. The van der Waals surface area contributed by atoms with Gasteiger partial charge in [0.25, 0.3) is 0 Å². The molecular formula is C17H17F2N5O. The minimum absolute atomic E-state index is 0.00918. The molecule has 0 saturated heterocycles. The van der Waals surface area contributed by atoms with Crippen LogP contribution >= 0.6 is 0 Å². The molecule has 1 saturated carbocycles. The zero-order chi connectivity index (χ0) is 17.8. The first-order chi connectivity index (χ1) is 12.1. The molecule has 1 aliphatic rings. The smallest absolute Gasteiger partial charge is 0.316 e. The fourth-order valence-electron chi connectivity index (χ4n) is 2.17. The van der Waals surface area contributed by atoms with Crippen LogP contribution in [0.5, 0.6) is 6.01 Å². The van der Waals surface area contributed by atoms with E-state index < -0.39 is 11.6 Å². The number of hydrogen-bond acceptors (Lipinski definition) is 6. The predicted molar refractivity (Wildman–Crippen MR) is 90.4 cm³/mol. The van der Waals surface area contributed by atoms with E-state index in [0.717, 1.165) is 11.6 Å². The molecule has 2 aromatic rings. The number of nitrogens with two attached hydrogens (primary N) is 1. The number of rotatable bonds is 6.